The number of thioether (sulfide) groups is 1. The molecule has 0 saturated carbocycles. The first-order valence-corrected chi connectivity index (χ1v) is 11.2. The van der Waals surface area contributed by atoms with Crippen LogP contribution in [0.25, 0.3) is 0 Å². The fraction of sp³-hybridized carbons (Fsp3) is 0.167. The number of amides is 2. The highest BCUT2D eigenvalue weighted by molar-refractivity contribution is 7.99. The van der Waals surface area contributed by atoms with Crippen LogP contribution in [0.15, 0.2) is 72.8 Å². The van der Waals surface area contributed by atoms with Gasteiger partial charge in [-0.05, 0) is 36.8 Å². The fourth-order valence-electron chi connectivity index (χ4n) is 2.99. The second-order valence-corrected chi connectivity index (χ2v) is 8.29. The van der Waals surface area contributed by atoms with Crippen molar-refractivity contribution in [3.05, 3.63) is 100 Å². The monoisotopic (exact) mass is 456 g/mol. The lowest BCUT2D eigenvalue weighted by atomic mass is 10.1. The van der Waals surface area contributed by atoms with Gasteiger partial charge < -0.3 is 10.6 Å². The van der Waals surface area contributed by atoms with Crippen LogP contribution >= 0.6 is 23.4 Å². The third-order valence-electron chi connectivity index (χ3n) is 4.63. The van der Waals surface area contributed by atoms with E-state index in [-0.39, 0.29) is 29.4 Å². The van der Waals surface area contributed by atoms with Gasteiger partial charge in [-0.3, -0.25) is 9.59 Å². The van der Waals surface area contributed by atoms with E-state index >= 15 is 0 Å². The standard InChI is InChI=1S/C24H22ClFN2O2S/c1-16(17-8-3-2-4-9-17)27-24(30)18-10-5-6-13-22(18)28-23(29)15-31-14-19-20(25)11-7-12-21(19)26/h2-13,16H,14-15H2,1H3,(H,27,30)(H,28,29)/t16-/m1/s1. The minimum atomic E-state index is -0.394. The minimum absolute atomic E-state index is 0.0982. The third-order valence-corrected chi connectivity index (χ3v) is 5.95. The number of benzene rings is 3. The van der Waals surface area contributed by atoms with Crippen LogP contribution in [0.4, 0.5) is 10.1 Å². The van der Waals surface area contributed by atoms with Crippen molar-refractivity contribution in [2.45, 2.75) is 18.7 Å². The van der Waals surface area contributed by atoms with Crippen LogP contribution in [-0.2, 0) is 10.5 Å². The maximum atomic E-state index is 13.8. The Labute approximate surface area is 190 Å². The molecule has 0 spiro atoms. The fourth-order valence-corrected chi connectivity index (χ4v) is 4.16. The van der Waals surface area contributed by atoms with Crippen molar-refractivity contribution in [3.63, 3.8) is 0 Å². The number of nitrogens with one attached hydrogen (secondary N) is 2. The van der Waals surface area contributed by atoms with E-state index in [4.69, 9.17) is 11.6 Å². The molecule has 0 saturated heterocycles. The molecular weight excluding hydrogens is 435 g/mol. The van der Waals surface area contributed by atoms with Crippen molar-refractivity contribution < 1.29 is 14.0 Å². The number of carbonyl (C=O) groups excluding carboxylic acids is 2. The Balaban J connectivity index is 1.59. The lowest BCUT2D eigenvalue weighted by Crippen LogP contribution is -2.28. The Kier molecular flexibility index (Phi) is 8.09. The van der Waals surface area contributed by atoms with Gasteiger partial charge in [-0.1, -0.05) is 60.1 Å². The first-order chi connectivity index (χ1) is 15.0. The summed E-state index contributed by atoms with van der Waals surface area (Å²) in [6.45, 7) is 1.90. The van der Waals surface area contributed by atoms with Gasteiger partial charge in [0.05, 0.1) is 23.0 Å². The number of rotatable bonds is 8. The van der Waals surface area contributed by atoms with E-state index in [1.54, 1.807) is 36.4 Å². The van der Waals surface area contributed by atoms with Gasteiger partial charge in [-0.15, -0.1) is 11.8 Å². The van der Waals surface area contributed by atoms with E-state index < -0.39 is 5.82 Å². The van der Waals surface area contributed by atoms with Crippen molar-refractivity contribution in [2.75, 3.05) is 11.1 Å². The molecule has 0 aliphatic heterocycles. The molecule has 1 atom stereocenters. The molecule has 0 fully saturated rings. The van der Waals surface area contributed by atoms with Crippen molar-refractivity contribution in [1.29, 1.82) is 0 Å². The summed E-state index contributed by atoms with van der Waals surface area (Å²) in [5.41, 5.74) is 2.16. The quantitative estimate of drug-likeness (QED) is 0.447. The van der Waals surface area contributed by atoms with Crippen molar-refractivity contribution in [2.24, 2.45) is 0 Å². The predicted molar refractivity (Wildman–Crippen MR) is 125 cm³/mol. The number of hydrogen-bond donors (Lipinski definition) is 2. The molecule has 0 radical (unpaired) electrons. The van der Waals surface area contributed by atoms with Crippen LogP contribution in [0, 0.1) is 5.82 Å². The van der Waals surface area contributed by atoms with Gasteiger partial charge in [0.2, 0.25) is 5.91 Å². The zero-order chi connectivity index (χ0) is 22.2. The second kappa shape index (κ2) is 11.0. The van der Waals surface area contributed by atoms with E-state index in [1.165, 1.54) is 17.8 Å². The van der Waals surface area contributed by atoms with Crippen LogP contribution in [0.1, 0.15) is 34.5 Å². The Bertz CT molecular complexity index is 1040. The number of carbonyl (C=O) groups is 2. The molecule has 2 N–H and O–H groups in total. The molecule has 4 nitrogen and oxygen atoms in total. The largest absolute Gasteiger partial charge is 0.345 e. The highest BCUT2D eigenvalue weighted by atomic mass is 35.5. The zero-order valence-electron chi connectivity index (χ0n) is 16.9. The van der Waals surface area contributed by atoms with Crippen LogP contribution < -0.4 is 10.6 Å². The van der Waals surface area contributed by atoms with Crippen LogP contribution in [-0.4, -0.2) is 17.6 Å². The Morgan fingerprint density at radius 3 is 2.45 bits per heavy atom. The third kappa shape index (κ3) is 6.32. The van der Waals surface area contributed by atoms with Crippen molar-refractivity contribution >= 4 is 40.9 Å². The van der Waals surface area contributed by atoms with Gasteiger partial charge in [0.25, 0.3) is 5.91 Å². The number of para-hydroxylation sites is 1. The molecule has 0 bridgehead atoms. The first kappa shape index (κ1) is 22.8. The smallest absolute Gasteiger partial charge is 0.253 e. The molecule has 3 rings (SSSR count). The highest BCUT2D eigenvalue weighted by Gasteiger charge is 2.16. The maximum Gasteiger partial charge on any atom is 0.253 e. The Morgan fingerprint density at radius 2 is 1.71 bits per heavy atom. The molecule has 3 aromatic rings. The summed E-state index contributed by atoms with van der Waals surface area (Å²) in [5.74, 6) is -0.585. The summed E-state index contributed by atoms with van der Waals surface area (Å²) in [6.07, 6.45) is 0. The van der Waals surface area contributed by atoms with E-state index in [0.717, 1.165) is 5.56 Å². The van der Waals surface area contributed by atoms with Crippen molar-refractivity contribution in [3.8, 4) is 0 Å². The lowest BCUT2D eigenvalue weighted by molar-refractivity contribution is -0.113. The molecule has 0 aromatic heterocycles. The zero-order valence-corrected chi connectivity index (χ0v) is 18.5. The average Bonchev–Trinajstić information content (AvgIpc) is 2.76. The van der Waals surface area contributed by atoms with Gasteiger partial charge in [0.1, 0.15) is 5.82 Å². The molecular formula is C24H22ClFN2O2S. The average molecular weight is 457 g/mol. The first-order valence-electron chi connectivity index (χ1n) is 9.71. The van der Waals surface area contributed by atoms with E-state index in [2.05, 4.69) is 10.6 Å². The van der Waals surface area contributed by atoms with Crippen molar-refractivity contribution in [1.82, 2.24) is 5.32 Å². The van der Waals surface area contributed by atoms with Gasteiger partial charge >= 0.3 is 0 Å². The van der Waals surface area contributed by atoms with E-state index in [1.807, 2.05) is 37.3 Å². The van der Waals surface area contributed by atoms with Gasteiger partial charge in [0.15, 0.2) is 0 Å². The predicted octanol–water partition coefficient (Wildman–Crippen LogP) is 5.84. The second-order valence-electron chi connectivity index (χ2n) is 6.89. The van der Waals surface area contributed by atoms with Crippen LogP contribution in [0.3, 0.4) is 0 Å². The van der Waals surface area contributed by atoms with Gasteiger partial charge in [-0.25, -0.2) is 4.39 Å². The molecule has 0 heterocycles. The molecule has 160 valence electrons. The summed E-state index contributed by atoms with van der Waals surface area (Å²) in [6, 6.07) is 20.8. The van der Waals surface area contributed by atoms with E-state index in [0.29, 0.717) is 21.8 Å². The summed E-state index contributed by atoms with van der Waals surface area (Å²) < 4.78 is 13.8. The molecule has 2 amide bonds. The van der Waals surface area contributed by atoms with Gasteiger partial charge in [0, 0.05) is 16.3 Å². The molecule has 31 heavy (non-hydrogen) atoms. The van der Waals surface area contributed by atoms with E-state index in [9.17, 15) is 14.0 Å². The molecule has 0 unspecified atom stereocenters. The molecule has 7 heteroatoms. The molecule has 3 aromatic carbocycles. The number of anilines is 1. The number of halogens is 2. The van der Waals surface area contributed by atoms with Crippen LogP contribution in [0.2, 0.25) is 5.02 Å². The maximum absolute atomic E-state index is 13.8. The van der Waals surface area contributed by atoms with Gasteiger partial charge in [-0.2, -0.15) is 0 Å². The van der Waals surface area contributed by atoms with Crippen LogP contribution in [0.5, 0.6) is 0 Å². The lowest BCUT2D eigenvalue weighted by Gasteiger charge is -2.16. The summed E-state index contributed by atoms with van der Waals surface area (Å²) in [7, 11) is 0. The SMILES string of the molecule is C[C@@H](NC(=O)c1ccccc1NC(=O)CSCc1c(F)cccc1Cl)c1ccccc1. The minimum Gasteiger partial charge on any atom is -0.345 e. The topological polar surface area (TPSA) is 58.2 Å². The highest BCUT2D eigenvalue weighted by Crippen LogP contribution is 2.24. The summed E-state index contributed by atoms with van der Waals surface area (Å²) in [4.78, 5) is 25.2. The molecule has 0 aliphatic carbocycles. The normalized spacial score (nSPS) is 11.6. The number of hydrogen-bond acceptors (Lipinski definition) is 3. The summed E-state index contributed by atoms with van der Waals surface area (Å²) >= 11 is 7.26. The summed E-state index contributed by atoms with van der Waals surface area (Å²) in [5, 5.41) is 6.06. The Morgan fingerprint density at radius 1 is 1.00 bits per heavy atom. The Hall–Kier alpha value is -2.83. The molecule has 0 aliphatic rings.